The third-order valence-electron chi connectivity index (χ3n) is 3.43. The Morgan fingerprint density at radius 2 is 1.91 bits per heavy atom. The fourth-order valence-corrected chi connectivity index (χ4v) is 2.06. The van der Waals surface area contributed by atoms with Crippen molar-refractivity contribution in [3.05, 3.63) is 59.4 Å². The van der Waals surface area contributed by atoms with E-state index in [0.29, 0.717) is 12.2 Å². The number of hydrogen-bond acceptors (Lipinski definition) is 3. The van der Waals surface area contributed by atoms with E-state index in [1.807, 2.05) is 6.92 Å². The smallest absolute Gasteiger partial charge is 0.384 e. The van der Waals surface area contributed by atoms with Crippen LogP contribution in [0.25, 0.3) is 0 Å². The van der Waals surface area contributed by atoms with E-state index in [-0.39, 0.29) is 11.6 Å². The van der Waals surface area contributed by atoms with Crippen molar-refractivity contribution in [1.82, 2.24) is 4.98 Å². The Balaban J connectivity index is 2.01. The van der Waals surface area contributed by atoms with Crippen LogP contribution in [-0.4, -0.2) is 17.4 Å². The number of alkyl halides is 3. The van der Waals surface area contributed by atoms with Crippen LogP contribution >= 0.6 is 0 Å². The van der Waals surface area contributed by atoms with Gasteiger partial charge in [0.15, 0.2) is 0 Å². The Morgan fingerprint density at radius 1 is 1.26 bits per heavy atom. The SMILES string of the molecule is CC(CNc1ccnc(C(N)=O)c1)c1ccc(C(F)(F)F)cc1. The predicted octanol–water partition coefficient (Wildman–Crippen LogP) is 3.41. The normalized spacial score (nSPS) is 12.7. The zero-order valence-corrected chi connectivity index (χ0v) is 12.4. The number of halogens is 3. The number of nitrogens with two attached hydrogens (primary N) is 1. The number of amides is 1. The minimum absolute atomic E-state index is 0.0116. The number of nitrogens with one attached hydrogen (secondary N) is 1. The molecule has 7 heteroatoms. The highest BCUT2D eigenvalue weighted by Gasteiger charge is 2.30. The summed E-state index contributed by atoms with van der Waals surface area (Å²) >= 11 is 0. The lowest BCUT2D eigenvalue weighted by Crippen LogP contribution is -2.14. The lowest BCUT2D eigenvalue weighted by atomic mass is 9.99. The number of benzene rings is 1. The monoisotopic (exact) mass is 323 g/mol. The number of carbonyl (C=O) groups is 1. The van der Waals surface area contributed by atoms with E-state index in [9.17, 15) is 18.0 Å². The second-order valence-electron chi connectivity index (χ2n) is 5.20. The van der Waals surface area contributed by atoms with Gasteiger partial charge in [-0.2, -0.15) is 13.2 Å². The van der Waals surface area contributed by atoms with Gasteiger partial charge in [0.05, 0.1) is 5.56 Å². The molecule has 0 aliphatic heterocycles. The molecule has 23 heavy (non-hydrogen) atoms. The van der Waals surface area contributed by atoms with E-state index in [2.05, 4.69) is 10.3 Å². The molecule has 1 heterocycles. The van der Waals surface area contributed by atoms with Gasteiger partial charge in [0.25, 0.3) is 5.91 Å². The molecule has 2 aromatic rings. The number of rotatable bonds is 5. The maximum Gasteiger partial charge on any atom is 0.416 e. The van der Waals surface area contributed by atoms with E-state index in [1.165, 1.54) is 24.4 Å². The van der Waals surface area contributed by atoms with Gasteiger partial charge >= 0.3 is 6.18 Å². The molecular formula is C16H16F3N3O. The first-order valence-electron chi connectivity index (χ1n) is 6.94. The van der Waals surface area contributed by atoms with Gasteiger partial charge < -0.3 is 11.1 Å². The van der Waals surface area contributed by atoms with E-state index in [4.69, 9.17) is 5.73 Å². The summed E-state index contributed by atoms with van der Waals surface area (Å²) in [5.41, 5.74) is 6.10. The molecule has 0 bridgehead atoms. The molecule has 1 atom stereocenters. The molecule has 1 amide bonds. The fraction of sp³-hybridized carbons (Fsp3) is 0.250. The number of pyridine rings is 1. The third kappa shape index (κ3) is 4.45. The quantitative estimate of drug-likeness (QED) is 0.886. The zero-order valence-electron chi connectivity index (χ0n) is 12.4. The van der Waals surface area contributed by atoms with E-state index >= 15 is 0 Å². The number of aromatic nitrogens is 1. The molecule has 4 nitrogen and oxygen atoms in total. The molecule has 0 spiro atoms. The van der Waals surface area contributed by atoms with E-state index in [0.717, 1.165) is 17.7 Å². The molecule has 0 radical (unpaired) electrons. The van der Waals surface area contributed by atoms with Crippen LogP contribution in [0.15, 0.2) is 42.6 Å². The van der Waals surface area contributed by atoms with Crippen molar-refractivity contribution in [3.63, 3.8) is 0 Å². The number of carbonyl (C=O) groups excluding carboxylic acids is 1. The first kappa shape index (κ1) is 16.8. The molecule has 1 unspecified atom stereocenters. The number of nitrogens with zero attached hydrogens (tertiary/aromatic N) is 1. The van der Waals surface area contributed by atoms with Crippen molar-refractivity contribution in [2.45, 2.75) is 19.0 Å². The van der Waals surface area contributed by atoms with Gasteiger partial charge in [-0.05, 0) is 35.7 Å². The Labute approximate surface area is 131 Å². The first-order valence-corrected chi connectivity index (χ1v) is 6.94. The van der Waals surface area contributed by atoms with Crippen LogP contribution in [0.2, 0.25) is 0 Å². The Morgan fingerprint density at radius 3 is 2.48 bits per heavy atom. The second kappa shape index (κ2) is 6.68. The molecular weight excluding hydrogens is 307 g/mol. The van der Waals surface area contributed by atoms with Gasteiger partial charge in [-0.25, -0.2) is 0 Å². The average molecular weight is 323 g/mol. The van der Waals surface area contributed by atoms with Gasteiger partial charge in [0.2, 0.25) is 0 Å². The van der Waals surface area contributed by atoms with Crippen LogP contribution in [-0.2, 0) is 6.18 Å². The van der Waals surface area contributed by atoms with Crippen LogP contribution in [0.3, 0.4) is 0 Å². The summed E-state index contributed by atoms with van der Waals surface area (Å²) in [6.45, 7) is 2.39. The van der Waals surface area contributed by atoms with Crippen LogP contribution in [0, 0.1) is 0 Å². The van der Waals surface area contributed by atoms with Crippen molar-refractivity contribution < 1.29 is 18.0 Å². The van der Waals surface area contributed by atoms with Crippen molar-refractivity contribution in [2.24, 2.45) is 5.73 Å². The van der Waals surface area contributed by atoms with Crippen LogP contribution < -0.4 is 11.1 Å². The molecule has 122 valence electrons. The van der Waals surface area contributed by atoms with Crippen molar-refractivity contribution in [1.29, 1.82) is 0 Å². The van der Waals surface area contributed by atoms with Crippen molar-refractivity contribution in [3.8, 4) is 0 Å². The molecule has 1 aromatic carbocycles. The maximum atomic E-state index is 12.5. The summed E-state index contributed by atoms with van der Waals surface area (Å²) in [5.74, 6) is -0.632. The molecule has 2 rings (SSSR count). The lowest BCUT2D eigenvalue weighted by Gasteiger charge is -2.15. The molecule has 1 aromatic heterocycles. The maximum absolute atomic E-state index is 12.5. The van der Waals surface area contributed by atoms with Crippen LogP contribution in [0.5, 0.6) is 0 Å². The zero-order chi connectivity index (χ0) is 17.0. The molecule has 0 saturated heterocycles. The predicted molar refractivity (Wildman–Crippen MR) is 81.1 cm³/mol. The Hall–Kier alpha value is -2.57. The van der Waals surface area contributed by atoms with Gasteiger partial charge in [-0.15, -0.1) is 0 Å². The Bertz CT molecular complexity index is 684. The summed E-state index contributed by atoms with van der Waals surface area (Å²) in [5, 5.41) is 3.11. The summed E-state index contributed by atoms with van der Waals surface area (Å²) in [6.07, 6.45) is -2.87. The largest absolute Gasteiger partial charge is 0.416 e. The highest BCUT2D eigenvalue weighted by Crippen LogP contribution is 2.30. The van der Waals surface area contributed by atoms with Gasteiger partial charge in [-0.3, -0.25) is 9.78 Å². The number of anilines is 1. The standard InChI is InChI=1S/C16H16F3N3O/c1-10(11-2-4-12(5-3-11)16(17,18)19)9-22-13-6-7-21-14(8-13)15(20)23/h2-8,10H,9H2,1H3,(H2,20,23)(H,21,22). The number of hydrogen-bond donors (Lipinski definition) is 2. The van der Waals surface area contributed by atoms with Crippen molar-refractivity contribution in [2.75, 3.05) is 11.9 Å². The first-order chi connectivity index (χ1) is 10.8. The number of primary amides is 1. The highest BCUT2D eigenvalue weighted by atomic mass is 19.4. The van der Waals surface area contributed by atoms with Gasteiger partial charge in [0.1, 0.15) is 5.69 Å². The third-order valence-corrected chi connectivity index (χ3v) is 3.43. The second-order valence-corrected chi connectivity index (χ2v) is 5.20. The summed E-state index contributed by atoms with van der Waals surface area (Å²) in [6, 6.07) is 8.30. The van der Waals surface area contributed by atoms with Crippen LogP contribution in [0.4, 0.5) is 18.9 Å². The van der Waals surface area contributed by atoms with Gasteiger partial charge in [0, 0.05) is 18.4 Å². The summed E-state index contributed by atoms with van der Waals surface area (Å²) in [4.78, 5) is 14.9. The summed E-state index contributed by atoms with van der Waals surface area (Å²) < 4.78 is 37.6. The molecule has 0 aliphatic carbocycles. The lowest BCUT2D eigenvalue weighted by molar-refractivity contribution is -0.137. The minimum Gasteiger partial charge on any atom is -0.384 e. The highest BCUT2D eigenvalue weighted by molar-refractivity contribution is 5.91. The van der Waals surface area contributed by atoms with E-state index in [1.54, 1.807) is 6.07 Å². The molecule has 0 aliphatic rings. The van der Waals surface area contributed by atoms with Gasteiger partial charge in [-0.1, -0.05) is 19.1 Å². The fourth-order valence-electron chi connectivity index (χ4n) is 2.06. The van der Waals surface area contributed by atoms with Crippen LogP contribution in [0.1, 0.15) is 34.5 Å². The summed E-state index contributed by atoms with van der Waals surface area (Å²) in [7, 11) is 0. The molecule has 0 saturated carbocycles. The average Bonchev–Trinajstić information content (AvgIpc) is 2.52. The topological polar surface area (TPSA) is 68.0 Å². The van der Waals surface area contributed by atoms with E-state index < -0.39 is 17.6 Å². The van der Waals surface area contributed by atoms with Crippen molar-refractivity contribution >= 4 is 11.6 Å². The minimum atomic E-state index is -4.33. The molecule has 3 N–H and O–H groups in total. The Kier molecular flexibility index (Phi) is 4.88. The molecule has 0 fully saturated rings.